The van der Waals surface area contributed by atoms with E-state index in [4.69, 9.17) is 26.4 Å². The van der Waals surface area contributed by atoms with E-state index >= 15 is 0 Å². The van der Waals surface area contributed by atoms with Gasteiger partial charge in [0.05, 0.1) is 31.9 Å². The lowest BCUT2D eigenvalue weighted by Crippen LogP contribution is -2.28. The Balaban J connectivity index is 2.03. The van der Waals surface area contributed by atoms with Crippen molar-refractivity contribution >= 4 is 46.0 Å². The number of hydrogen-bond donors (Lipinski definition) is 0. The Morgan fingerprint density at radius 1 is 1.04 bits per heavy atom. The van der Waals surface area contributed by atoms with E-state index in [1.165, 1.54) is 38.4 Å². The summed E-state index contributed by atoms with van der Waals surface area (Å²) in [5.41, 5.74) is 0.742. The highest BCUT2D eigenvalue weighted by Crippen LogP contribution is 2.40. The standard InChI is InChI=1S/C19H16FNO4S2/c1-23-14-10-16(25-3)15(24-2)8-11(14)9-17-18(22)21(19(26)27-17)13-7-5-4-6-12(13)20/h4-10H,1-3H3/b17-9-. The number of para-hydroxylation sites is 1. The van der Waals surface area contributed by atoms with E-state index in [1.54, 1.807) is 30.3 Å². The third-order valence-corrected chi connectivity index (χ3v) is 5.21. The zero-order valence-corrected chi connectivity index (χ0v) is 16.4. The Bertz CT molecular complexity index is 945. The normalized spacial score (nSPS) is 15.4. The summed E-state index contributed by atoms with van der Waals surface area (Å²) in [5, 5.41) is 0. The quantitative estimate of drug-likeness (QED) is 0.547. The van der Waals surface area contributed by atoms with E-state index in [1.807, 2.05) is 0 Å². The highest BCUT2D eigenvalue weighted by molar-refractivity contribution is 8.27. The van der Waals surface area contributed by atoms with Crippen LogP contribution in [-0.4, -0.2) is 31.6 Å². The Kier molecular flexibility index (Phi) is 5.67. The third kappa shape index (κ3) is 3.63. The molecule has 0 saturated carbocycles. The second-order valence-electron chi connectivity index (χ2n) is 5.42. The molecule has 2 aromatic rings. The smallest absolute Gasteiger partial charge is 0.270 e. The van der Waals surface area contributed by atoms with Crippen molar-refractivity contribution in [1.82, 2.24) is 0 Å². The van der Waals surface area contributed by atoms with Gasteiger partial charge in [-0.25, -0.2) is 4.39 Å². The number of nitrogens with zero attached hydrogens (tertiary/aromatic N) is 1. The van der Waals surface area contributed by atoms with Gasteiger partial charge in [0.1, 0.15) is 11.6 Å². The van der Waals surface area contributed by atoms with Crippen molar-refractivity contribution in [3.8, 4) is 17.2 Å². The molecule has 140 valence electrons. The molecular weight excluding hydrogens is 389 g/mol. The van der Waals surface area contributed by atoms with Gasteiger partial charge in [0.15, 0.2) is 15.8 Å². The van der Waals surface area contributed by atoms with Gasteiger partial charge in [-0.3, -0.25) is 9.69 Å². The fourth-order valence-electron chi connectivity index (χ4n) is 2.62. The second kappa shape index (κ2) is 7.98. The van der Waals surface area contributed by atoms with Crippen molar-refractivity contribution in [2.75, 3.05) is 26.2 Å². The van der Waals surface area contributed by atoms with E-state index in [0.717, 1.165) is 11.8 Å². The van der Waals surface area contributed by atoms with Crippen LogP contribution in [0.3, 0.4) is 0 Å². The Labute approximate surface area is 165 Å². The van der Waals surface area contributed by atoms with E-state index in [-0.39, 0.29) is 10.0 Å². The number of hydrogen-bond acceptors (Lipinski definition) is 6. The predicted octanol–water partition coefficient (Wildman–Crippen LogP) is 4.26. The summed E-state index contributed by atoms with van der Waals surface area (Å²) in [7, 11) is 4.56. The molecule has 8 heteroatoms. The van der Waals surface area contributed by atoms with Crippen LogP contribution < -0.4 is 19.1 Å². The summed E-state index contributed by atoms with van der Waals surface area (Å²) >= 11 is 6.38. The highest BCUT2D eigenvalue weighted by atomic mass is 32.2. The Morgan fingerprint density at radius 2 is 1.67 bits per heavy atom. The molecule has 0 atom stereocenters. The van der Waals surface area contributed by atoms with Crippen molar-refractivity contribution in [2.24, 2.45) is 0 Å². The SMILES string of the molecule is COc1cc(OC)c(OC)cc1/C=C1\SC(=S)N(c2ccccc2F)C1=O. The summed E-state index contributed by atoms with van der Waals surface area (Å²) in [5.74, 6) is 0.592. The molecule has 27 heavy (non-hydrogen) atoms. The monoisotopic (exact) mass is 405 g/mol. The van der Waals surface area contributed by atoms with E-state index in [9.17, 15) is 9.18 Å². The first-order valence-electron chi connectivity index (χ1n) is 7.82. The number of carbonyl (C=O) groups is 1. The van der Waals surface area contributed by atoms with Crippen molar-refractivity contribution in [1.29, 1.82) is 0 Å². The van der Waals surface area contributed by atoms with Crippen LogP contribution in [0.15, 0.2) is 41.3 Å². The zero-order valence-electron chi connectivity index (χ0n) is 14.8. The second-order valence-corrected chi connectivity index (χ2v) is 7.09. The van der Waals surface area contributed by atoms with Crippen LogP contribution in [-0.2, 0) is 4.79 Å². The maximum absolute atomic E-state index is 14.1. The largest absolute Gasteiger partial charge is 0.496 e. The number of thiocarbonyl (C=S) groups is 1. The zero-order chi connectivity index (χ0) is 19.6. The lowest BCUT2D eigenvalue weighted by atomic mass is 10.1. The highest BCUT2D eigenvalue weighted by Gasteiger charge is 2.35. The van der Waals surface area contributed by atoms with Crippen molar-refractivity contribution in [3.63, 3.8) is 0 Å². The molecule has 0 unspecified atom stereocenters. The minimum Gasteiger partial charge on any atom is -0.496 e. The van der Waals surface area contributed by atoms with Crippen LogP contribution in [0.4, 0.5) is 10.1 Å². The fourth-order valence-corrected chi connectivity index (χ4v) is 3.89. The average Bonchev–Trinajstić information content (AvgIpc) is 2.95. The van der Waals surface area contributed by atoms with Gasteiger partial charge in [0.2, 0.25) is 0 Å². The molecule has 1 aliphatic rings. The van der Waals surface area contributed by atoms with Crippen LogP contribution >= 0.6 is 24.0 Å². The molecule has 0 aliphatic carbocycles. The van der Waals surface area contributed by atoms with Gasteiger partial charge >= 0.3 is 0 Å². The van der Waals surface area contributed by atoms with Gasteiger partial charge in [0, 0.05) is 11.6 Å². The van der Waals surface area contributed by atoms with E-state index in [2.05, 4.69) is 0 Å². The molecule has 2 aromatic carbocycles. The van der Waals surface area contributed by atoms with Crippen LogP contribution in [0.1, 0.15) is 5.56 Å². The summed E-state index contributed by atoms with van der Waals surface area (Å²) in [4.78, 5) is 14.4. The first kappa shape index (κ1) is 19.2. The first-order valence-corrected chi connectivity index (χ1v) is 9.05. The molecule has 0 spiro atoms. The summed E-state index contributed by atoms with van der Waals surface area (Å²) in [6.07, 6.45) is 1.64. The maximum Gasteiger partial charge on any atom is 0.270 e. The summed E-state index contributed by atoms with van der Waals surface area (Å²) < 4.78 is 30.3. The van der Waals surface area contributed by atoms with Gasteiger partial charge in [-0.05, 0) is 24.3 Å². The molecule has 1 amide bonds. The van der Waals surface area contributed by atoms with Crippen molar-refractivity contribution in [2.45, 2.75) is 0 Å². The number of thioether (sulfide) groups is 1. The first-order chi connectivity index (χ1) is 13.0. The molecule has 3 rings (SSSR count). The maximum atomic E-state index is 14.1. The minimum absolute atomic E-state index is 0.127. The number of ether oxygens (including phenoxy) is 3. The molecular formula is C19H16FNO4S2. The van der Waals surface area contributed by atoms with Crippen LogP contribution in [0, 0.1) is 5.82 Å². The Morgan fingerprint density at radius 3 is 2.30 bits per heavy atom. The molecule has 1 heterocycles. The molecule has 0 bridgehead atoms. The number of amides is 1. The summed E-state index contributed by atoms with van der Waals surface area (Å²) in [6.45, 7) is 0. The van der Waals surface area contributed by atoms with Gasteiger partial charge in [-0.2, -0.15) is 0 Å². The molecule has 1 aliphatic heterocycles. The molecule has 1 fully saturated rings. The fraction of sp³-hybridized carbons (Fsp3) is 0.158. The number of methoxy groups -OCH3 is 3. The van der Waals surface area contributed by atoms with Crippen molar-refractivity contribution < 1.29 is 23.4 Å². The number of carbonyl (C=O) groups excluding carboxylic acids is 1. The Hall–Kier alpha value is -2.58. The van der Waals surface area contributed by atoms with Crippen molar-refractivity contribution in [3.05, 3.63) is 52.7 Å². The molecule has 0 aromatic heterocycles. The number of anilines is 1. The van der Waals surface area contributed by atoms with E-state index in [0.29, 0.717) is 27.7 Å². The number of benzene rings is 2. The molecule has 5 nitrogen and oxygen atoms in total. The third-order valence-electron chi connectivity index (χ3n) is 3.91. The predicted molar refractivity (Wildman–Crippen MR) is 108 cm³/mol. The lowest BCUT2D eigenvalue weighted by molar-refractivity contribution is -0.113. The van der Waals surface area contributed by atoms with Gasteiger partial charge in [-0.15, -0.1) is 0 Å². The van der Waals surface area contributed by atoms with Crippen LogP contribution in [0.25, 0.3) is 6.08 Å². The molecule has 0 radical (unpaired) electrons. The number of rotatable bonds is 5. The van der Waals surface area contributed by atoms with E-state index < -0.39 is 11.7 Å². The van der Waals surface area contributed by atoms with Gasteiger partial charge < -0.3 is 14.2 Å². The van der Waals surface area contributed by atoms with Crippen LogP contribution in [0.5, 0.6) is 17.2 Å². The molecule has 0 N–H and O–H groups in total. The minimum atomic E-state index is -0.515. The lowest BCUT2D eigenvalue weighted by Gasteiger charge is -2.15. The van der Waals surface area contributed by atoms with Crippen LogP contribution in [0.2, 0.25) is 0 Å². The van der Waals surface area contributed by atoms with Gasteiger partial charge in [-0.1, -0.05) is 36.1 Å². The number of halogens is 1. The van der Waals surface area contributed by atoms with Gasteiger partial charge in [0.25, 0.3) is 5.91 Å². The summed E-state index contributed by atoms with van der Waals surface area (Å²) in [6, 6.07) is 9.38. The topological polar surface area (TPSA) is 48.0 Å². The molecule has 1 saturated heterocycles. The average molecular weight is 405 g/mol.